The normalized spacial score (nSPS) is 48.0. The Balaban J connectivity index is 2.53. The SMILES string of the molecule is CC[C@H]1C[C@@H](C)C(C)[C@H]1C. The molecule has 0 saturated heterocycles. The second kappa shape index (κ2) is 2.94. The van der Waals surface area contributed by atoms with Gasteiger partial charge in [-0.05, 0) is 30.1 Å². The van der Waals surface area contributed by atoms with E-state index < -0.39 is 0 Å². The molecule has 1 rings (SSSR count). The highest BCUT2D eigenvalue weighted by Crippen LogP contribution is 2.42. The van der Waals surface area contributed by atoms with Gasteiger partial charge in [0.05, 0.1) is 0 Å². The van der Waals surface area contributed by atoms with Crippen LogP contribution in [0.25, 0.3) is 0 Å². The summed E-state index contributed by atoms with van der Waals surface area (Å²) in [5.74, 6) is 3.93. The minimum Gasteiger partial charge on any atom is -0.0651 e. The number of rotatable bonds is 1. The number of hydrogen-bond donors (Lipinski definition) is 0. The van der Waals surface area contributed by atoms with Crippen molar-refractivity contribution in [2.24, 2.45) is 23.7 Å². The zero-order valence-corrected chi connectivity index (χ0v) is 7.72. The zero-order valence-electron chi connectivity index (χ0n) is 7.72. The van der Waals surface area contributed by atoms with Gasteiger partial charge in [-0.2, -0.15) is 0 Å². The van der Waals surface area contributed by atoms with Crippen LogP contribution < -0.4 is 0 Å². The minimum absolute atomic E-state index is 0.963. The van der Waals surface area contributed by atoms with Gasteiger partial charge in [-0.25, -0.2) is 0 Å². The first-order valence-electron chi connectivity index (χ1n) is 4.66. The summed E-state index contributed by atoms with van der Waals surface area (Å²) in [6.45, 7) is 9.55. The van der Waals surface area contributed by atoms with Crippen molar-refractivity contribution in [1.29, 1.82) is 0 Å². The fourth-order valence-corrected chi connectivity index (χ4v) is 2.39. The molecule has 1 saturated carbocycles. The first kappa shape index (κ1) is 8.10. The van der Waals surface area contributed by atoms with Crippen LogP contribution in [0.1, 0.15) is 40.5 Å². The lowest BCUT2D eigenvalue weighted by Crippen LogP contribution is -2.08. The van der Waals surface area contributed by atoms with Crippen molar-refractivity contribution < 1.29 is 0 Å². The van der Waals surface area contributed by atoms with Crippen LogP contribution in [-0.2, 0) is 0 Å². The molecular weight excluding hydrogens is 120 g/mol. The largest absolute Gasteiger partial charge is 0.0651 e. The molecule has 1 aliphatic rings. The van der Waals surface area contributed by atoms with Gasteiger partial charge in [-0.1, -0.05) is 34.1 Å². The first-order valence-corrected chi connectivity index (χ1v) is 4.66. The monoisotopic (exact) mass is 140 g/mol. The van der Waals surface area contributed by atoms with Gasteiger partial charge in [0.1, 0.15) is 0 Å². The van der Waals surface area contributed by atoms with Crippen LogP contribution >= 0.6 is 0 Å². The van der Waals surface area contributed by atoms with Crippen LogP contribution in [-0.4, -0.2) is 0 Å². The molecule has 0 aromatic carbocycles. The third-order valence-electron chi connectivity index (χ3n) is 3.67. The molecule has 1 fully saturated rings. The Hall–Kier alpha value is 0. The molecule has 1 aliphatic carbocycles. The molecule has 0 amide bonds. The van der Waals surface area contributed by atoms with Crippen molar-refractivity contribution in [3.63, 3.8) is 0 Å². The molecule has 10 heavy (non-hydrogen) atoms. The Labute approximate surface area is 65.0 Å². The van der Waals surface area contributed by atoms with E-state index >= 15 is 0 Å². The third-order valence-corrected chi connectivity index (χ3v) is 3.67. The molecule has 0 heteroatoms. The molecule has 0 aliphatic heterocycles. The Morgan fingerprint density at radius 2 is 1.70 bits per heavy atom. The van der Waals surface area contributed by atoms with Crippen LogP contribution in [0.5, 0.6) is 0 Å². The molecule has 0 bridgehead atoms. The summed E-state index contributed by atoms with van der Waals surface area (Å²) in [4.78, 5) is 0. The first-order chi connectivity index (χ1) is 4.66. The maximum Gasteiger partial charge on any atom is -0.0386 e. The van der Waals surface area contributed by atoms with Gasteiger partial charge >= 0.3 is 0 Å². The molecule has 0 aromatic rings. The lowest BCUT2D eigenvalue weighted by molar-refractivity contribution is 0.334. The minimum atomic E-state index is 0.963. The summed E-state index contributed by atoms with van der Waals surface area (Å²) in [7, 11) is 0. The van der Waals surface area contributed by atoms with E-state index in [0.29, 0.717) is 0 Å². The molecule has 4 atom stereocenters. The van der Waals surface area contributed by atoms with E-state index in [1.807, 2.05) is 0 Å². The van der Waals surface area contributed by atoms with E-state index in [-0.39, 0.29) is 0 Å². The van der Waals surface area contributed by atoms with Crippen molar-refractivity contribution >= 4 is 0 Å². The average Bonchev–Trinajstić information content (AvgIpc) is 2.17. The second-order valence-electron chi connectivity index (χ2n) is 4.10. The van der Waals surface area contributed by atoms with Gasteiger partial charge < -0.3 is 0 Å². The second-order valence-corrected chi connectivity index (χ2v) is 4.10. The standard InChI is InChI=1S/C10H20/c1-5-10-6-7(2)8(3)9(10)4/h7-10H,5-6H2,1-4H3/t7-,8?,9-,10+/m1/s1. The third kappa shape index (κ3) is 1.21. The molecule has 0 N–H and O–H groups in total. The fraction of sp³-hybridized carbons (Fsp3) is 1.00. The molecule has 0 radical (unpaired) electrons. The predicted octanol–water partition coefficient (Wildman–Crippen LogP) is 3.32. The summed E-state index contributed by atoms with van der Waals surface area (Å²) in [6, 6.07) is 0. The topological polar surface area (TPSA) is 0 Å². The summed E-state index contributed by atoms with van der Waals surface area (Å²) in [5.41, 5.74) is 0. The summed E-state index contributed by atoms with van der Waals surface area (Å²) < 4.78 is 0. The summed E-state index contributed by atoms with van der Waals surface area (Å²) in [5, 5.41) is 0. The van der Waals surface area contributed by atoms with Crippen LogP contribution in [0.15, 0.2) is 0 Å². The van der Waals surface area contributed by atoms with Gasteiger partial charge in [0.2, 0.25) is 0 Å². The van der Waals surface area contributed by atoms with Crippen LogP contribution in [0.4, 0.5) is 0 Å². The van der Waals surface area contributed by atoms with E-state index in [9.17, 15) is 0 Å². The molecule has 0 nitrogen and oxygen atoms in total. The highest BCUT2D eigenvalue weighted by molar-refractivity contribution is 4.83. The molecule has 0 aromatic heterocycles. The van der Waals surface area contributed by atoms with E-state index in [0.717, 1.165) is 23.7 Å². The van der Waals surface area contributed by atoms with Crippen molar-refractivity contribution in [3.05, 3.63) is 0 Å². The van der Waals surface area contributed by atoms with E-state index in [1.165, 1.54) is 12.8 Å². The molecule has 0 heterocycles. The highest BCUT2D eigenvalue weighted by Gasteiger charge is 2.33. The summed E-state index contributed by atoms with van der Waals surface area (Å²) >= 11 is 0. The van der Waals surface area contributed by atoms with Crippen LogP contribution in [0.3, 0.4) is 0 Å². The van der Waals surface area contributed by atoms with Crippen molar-refractivity contribution in [1.82, 2.24) is 0 Å². The van der Waals surface area contributed by atoms with Gasteiger partial charge in [-0.3, -0.25) is 0 Å². The molecular formula is C10H20. The van der Waals surface area contributed by atoms with Crippen LogP contribution in [0.2, 0.25) is 0 Å². The quantitative estimate of drug-likeness (QED) is 0.524. The van der Waals surface area contributed by atoms with Gasteiger partial charge in [-0.15, -0.1) is 0 Å². The Bertz CT molecular complexity index is 107. The zero-order chi connectivity index (χ0) is 7.72. The Morgan fingerprint density at radius 3 is 1.90 bits per heavy atom. The van der Waals surface area contributed by atoms with Crippen molar-refractivity contribution in [2.45, 2.75) is 40.5 Å². The van der Waals surface area contributed by atoms with Gasteiger partial charge in [0.25, 0.3) is 0 Å². The van der Waals surface area contributed by atoms with Crippen molar-refractivity contribution in [3.8, 4) is 0 Å². The van der Waals surface area contributed by atoms with E-state index in [1.54, 1.807) is 0 Å². The van der Waals surface area contributed by atoms with E-state index in [4.69, 9.17) is 0 Å². The van der Waals surface area contributed by atoms with Gasteiger partial charge in [0, 0.05) is 0 Å². The summed E-state index contributed by atoms with van der Waals surface area (Å²) in [6.07, 6.45) is 2.86. The molecule has 0 spiro atoms. The maximum atomic E-state index is 2.42. The smallest absolute Gasteiger partial charge is 0.0386 e. The molecule has 60 valence electrons. The predicted molar refractivity (Wildman–Crippen MR) is 45.9 cm³/mol. The lowest BCUT2D eigenvalue weighted by Gasteiger charge is -2.16. The van der Waals surface area contributed by atoms with Crippen molar-refractivity contribution in [2.75, 3.05) is 0 Å². The fourth-order valence-electron chi connectivity index (χ4n) is 2.39. The average molecular weight is 140 g/mol. The molecule has 1 unspecified atom stereocenters. The van der Waals surface area contributed by atoms with E-state index in [2.05, 4.69) is 27.7 Å². The Kier molecular flexibility index (Phi) is 2.38. The van der Waals surface area contributed by atoms with Gasteiger partial charge in [0.15, 0.2) is 0 Å². The number of hydrogen-bond acceptors (Lipinski definition) is 0. The highest BCUT2D eigenvalue weighted by atomic mass is 14.4. The maximum absolute atomic E-state index is 2.42. The van der Waals surface area contributed by atoms with Crippen LogP contribution in [0, 0.1) is 23.7 Å². The Morgan fingerprint density at radius 1 is 1.10 bits per heavy atom. The lowest BCUT2D eigenvalue weighted by atomic mass is 9.90.